The molecule has 1 amide bonds. The smallest absolute Gasteiger partial charge is 0.222 e. The molecule has 0 unspecified atom stereocenters. The standard InChI is InChI=1S/C20H23FN6O2/c1-4-16(28)27-8-7-13(10-27)24-18-17-20(23-11-22-18)26(2)19(25-17)12-5-6-15(29-3)14(21)9-12/h5-6,9,11,13H,4,7-8,10H2,1-3H3,(H,22,23,24)/t13-/m0/s1. The van der Waals surface area contributed by atoms with Crippen molar-refractivity contribution < 1.29 is 13.9 Å². The zero-order chi connectivity index (χ0) is 20.5. The van der Waals surface area contributed by atoms with Crippen molar-refractivity contribution in [2.75, 3.05) is 25.5 Å². The van der Waals surface area contributed by atoms with Crippen molar-refractivity contribution in [2.45, 2.75) is 25.8 Å². The summed E-state index contributed by atoms with van der Waals surface area (Å²) in [6.45, 7) is 3.24. The highest BCUT2D eigenvalue weighted by atomic mass is 19.1. The lowest BCUT2D eigenvalue weighted by molar-refractivity contribution is -0.129. The SMILES string of the molecule is CCC(=O)N1CC[C@H](Nc2ncnc3c2nc(-c2ccc(OC)c(F)c2)n3C)C1. The highest BCUT2D eigenvalue weighted by molar-refractivity contribution is 5.86. The van der Waals surface area contributed by atoms with Crippen LogP contribution >= 0.6 is 0 Å². The summed E-state index contributed by atoms with van der Waals surface area (Å²) < 4.78 is 21.0. The number of nitrogens with one attached hydrogen (secondary N) is 1. The molecule has 152 valence electrons. The van der Waals surface area contributed by atoms with Crippen molar-refractivity contribution in [1.82, 2.24) is 24.4 Å². The van der Waals surface area contributed by atoms with E-state index in [-0.39, 0.29) is 17.7 Å². The monoisotopic (exact) mass is 398 g/mol. The lowest BCUT2D eigenvalue weighted by Gasteiger charge is -2.16. The van der Waals surface area contributed by atoms with Gasteiger partial charge in [-0.25, -0.2) is 19.3 Å². The first-order valence-corrected chi connectivity index (χ1v) is 9.57. The lowest BCUT2D eigenvalue weighted by atomic mass is 10.2. The predicted octanol–water partition coefficient (Wildman–Crippen LogP) is 2.60. The van der Waals surface area contributed by atoms with Gasteiger partial charge in [0, 0.05) is 38.2 Å². The summed E-state index contributed by atoms with van der Waals surface area (Å²) in [6, 6.07) is 4.83. The fourth-order valence-corrected chi connectivity index (χ4v) is 3.69. The number of nitrogens with zero attached hydrogens (tertiary/aromatic N) is 5. The predicted molar refractivity (Wildman–Crippen MR) is 107 cm³/mol. The summed E-state index contributed by atoms with van der Waals surface area (Å²) in [5.41, 5.74) is 1.88. The lowest BCUT2D eigenvalue weighted by Crippen LogP contribution is -2.31. The number of rotatable bonds is 5. The Morgan fingerprint density at radius 3 is 2.93 bits per heavy atom. The maximum Gasteiger partial charge on any atom is 0.222 e. The molecule has 3 heterocycles. The van der Waals surface area contributed by atoms with Gasteiger partial charge in [0.25, 0.3) is 0 Å². The van der Waals surface area contributed by atoms with Gasteiger partial charge in [0.2, 0.25) is 5.91 Å². The number of aromatic nitrogens is 4. The summed E-state index contributed by atoms with van der Waals surface area (Å²) in [7, 11) is 3.26. The number of hydrogen-bond acceptors (Lipinski definition) is 6. The summed E-state index contributed by atoms with van der Waals surface area (Å²) in [6.07, 6.45) is 2.84. The number of benzene rings is 1. The molecule has 0 spiro atoms. The Morgan fingerprint density at radius 2 is 2.21 bits per heavy atom. The molecule has 9 heteroatoms. The second-order valence-electron chi connectivity index (χ2n) is 7.06. The van der Waals surface area contributed by atoms with Crippen LogP contribution in [0.3, 0.4) is 0 Å². The third kappa shape index (κ3) is 3.48. The van der Waals surface area contributed by atoms with E-state index in [1.165, 1.54) is 19.5 Å². The summed E-state index contributed by atoms with van der Waals surface area (Å²) in [5.74, 6) is 1.08. The van der Waals surface area contributed by atoms with Crippen LogP contribution in [0.5, 0.6) is 5.75 Å². The average Bonchev–Trinajstić information content (AvgIpc) is 3.33. The molecule has 8 nitrogen and oxygen atoms in total. The number of halogens is 1. The van der Waals surface area contributed by atoms with E-state index in [4.69, 9.17) is 4.74 Å². The zero-order valence-corrected chi connectivity index (χ0v) is 16.6. The molecule has 2 aromatic heterocycles. The summed E-state index contributed by atoms with van der Waals surface area (Å²) in [5, 5.41) is 3.40. The minimum Gasteiger partial charge on any atom is -0.494 e. The van der Waals surface area contributed by atoms with Crippen LogP contribution in [0.15, 0.2) is 24.5 Å². The number of amides is 1. The molecule has 1 aliphatic heterocycles. The van der Waals surface area contributed by atoms with E-state index in [1.807, 2.05) is 23.4 Å². The van der Waals surface area contributed by atoms with Crippen LogP contribution < -0.4 is 10.1 Å². The van der Waals surface area contributed by atoms with Crippen LogP contribution in [-0.4, -0.2) is 56.6 Å². The van der Waals surface area contributed by atoms with Gasteiger partial charge in [0.15, 0.2) is 28.5 Å². The van der Waals surface area contributed by atoms with Crippen LogP contribution in [-0.2, 0) is 11.8 Å². The van der Waals surface area contributed by atoms with Crippen LogP contribution in [0.4, 0.5) is 10.2 Å². The molecule has 1 aliphatic rings. The Hall–Kier alpha value is -3.23. The molecule has 1 N–H and O–H groups in total. The molecule has 1 saturated heterocycles. The van der Waals surface area contributed by atoms with Gasteiger partial charge in [0.05, 0.1) is 7.11 Å². The van der Waals surface area contributed by atoms with Gasteiger partial charge < -0.3 is 19.5 Å². The van der Waals surface area contributed by atoms with Gasteiger partial charge in [-0.05, 0) is 24.6 Å². The Morgan fingerprint density at radius 1 is 1.38 bits per heavy atom. The molecule has 4 rings (SSSR count). The van der Waals surface area contributed by atoms with Crippen LogP contribution in [0.1, 0.15) is 19.8 Å². The van der Waals surface area contributed by atoms with Crippen LogP contribution in [0.25, 0.3) is 22.6 Å². The molecule has 1 atom stereocenters. The van der Waals surface area contributed by atoms with Gasteiger partial charge in [-0.2, -0.15) is 0 Å². The highest BCUT2D eigenvalue weighted by Gasteiger charge is 2.26. The van der Waals surface area contributed by atoms with E-state index < -0.39 is 5.82 Å². The van der Waals surface area contributed by atoms with Gasteiger partial charge in [-0.1, -0.05) is 6.92 Å². The largest absolute Gasteiger partial charge is 0.494 e. The first kappa shape index (κ1) is 19.1. The van der Waals surface area contributed by atoms with E-state index in [0.29, 0.717) is 41.3 Å². The molecular formula is C20H23FN6O2. The number of imidazole rings is 1. The van der Waals surface area contributed by atoms with E-state index >= 15 is 0 Å². The topological polar surface area (TPSA) is 85.2 Å². The van der Waals surface area contributed by atoms with Gasteiger partial charge in [-0.15, -0.1) is 0 Å². The van der Waals surface area contributed by atoms with Gasteiger partial charge in [0.1, 0.15) is 12.2 Å². The number of fused-ring (bicyclic) bond motifs is 1. The van der Waals surface area contributed by atoms with E-state index in [2.05, 4.69) is 20.3 Å². The van der Waals surface area contributed by atoms with E-state index in [9.17, 15) is 9.18 Å². The number of carbonyl (C=O) groups is 1. The molecule has 0 radical (unpaired) electrons. The minimum absolute atomic E-state index is 0.104. The molecule has 3 aromatic rings. The minimum atomic E-state index is -0.451. The van der Waals surface area contributed by atoms with Crippen LogP contribution in [0.2, 0.25) is 0 Å². The molecule has 1 fully saturated rings. The molecule has 0 saturated carbocycles. The van der Waals surface area contributed by atoms with E-state index in [0.717, 1.165) is 13.0 Å². The fourth-order valence-electron chi connectivity index (χ4n) is 3.69. The molecule has 0 aliphatic carbocycles. The third-order valence-corrected chi connectivity index (χ3v) is 5.25. The van der Waals surface area contributed by atoms with Gasteiger partial charge in [-0.3, -0.25) is 4.79 Å². The number of methoxy groups -OCH3 is 1. The van der Waals surface area contributed by atoms with Crippen molar-refractivity contribution >= 4 is 22.9 Å². The van der Waals surface area contributed by atoms with Crippen molar-refractivity contribution in [3.8, 4) is 17.1 Å². The van der Waals surface area contributed by atoms with Crippen molar-refractivity contribution in [1.29, 1.82) is 0 Å². The number of carbonyl (C=O) groups excluding carboxylic acids is 1. The molecule has 0 bridgehead atoms. The number of hydrogen-bond donors (Lipinski definition) is 1. The number of ether oxygens (including phenoxy) is 1. The molecular weight excluding hydrogens is 375 g/mol. The fraction of sp³-hybridized carbons (Fsp3) is 0.400. The van der Waals surface area contributed by atoms with Crippen molar-refractivity contribution in [2.24, 2.45) is 7.05 Å². The van der Waals surface area contributed by atoms with Crippen LogP contribution in [0, 0.1) is 5.82 Å². The summed E-state index contributed by atoms with van der Waals surface area (Å²) >= 11 is 0. The maximum absolute atomic E-state index is 14.2. The second kappa shape index (κ2) is 7.65. The first-order chi connectivity index (χ1) is 14.0. The Kier molecular flexibility index (Phi) is 5.04. The number of anilines is 1. The number of likely N-dealkylation sites (tertiary alicyclic amines) is 1. The third-order valence-electron chi connectivity index (χ3n) is 5.25. The van der Waals surface area contributed by atoms with Gasteiger partial charge >= 0.3 is 0 Å². The Labute approximate surface area is 167 Å². The summed E-state index contributed by atoms with van der Waals surface area (Å²) in [4.78, 5) is 27.2. The Bertz CT molecular complexity index is 1070. The maximum atomic E-state index is 14.2. The van der Waals surface area contributed by atoms with E-state index in [1.54, 1.807) is 12.1 Å². The average molecular weight is 398 g/mol. The quantitative estimate of drug-likeness (QED) is 0.711. The zero-order valence-electron chi connectivity index (χ0n) is 16.6. The second-order valence-corrected chi connectivity index (χ2v) is 7.06. The highest BCUT2D eigenvalue weighted by Crippen LogP contribution is 2.29. The normalized spacial score (nSPS) is 16.4. The van der Waals surface area contributed by atoms with Crippen molar-refractivity contribution in [3.05, 3.63) is 30.3 Å². The first-order valence-electron chi connectivity index (χ1n) is 9.57. The van der Waals surface area contributed by atoms with Crippen molar-refractivity contribution in [3.63, 3.8) is 0 Å². The molecule has 29 heavy (non-hydrogen) atoms. The number of aryl methyl sites for hydroxylation is 1. The Balaban J connectivity index is 1.65. The molecule has 1 aromatic carbocycles.